The Kier molecular flexibility index (Phi) is 78.4. The van der Waals surface area contributed by atoms with Crippen LogP contribution in [0.25, 0.3) is 0 Å². The van der Waals surface area contributed by atoms with Crippen molar-refractivity contribution in [2.24, 2.45) is 0 Å². The third-order valence-electron chi connectivity index (χ3n) is 17.8. The van der Waals surface area contributed by atoms with Crippen LogP contribution >= 0.6 is 26.6 Å². The molecule has 0 aliphatic heterocycles. The smallest absolute Gasteiger partial charge is 1.00 e. The summed E-state index contributed by atoms with van der Waals surface area (Å²) in [7, 11) is 76.5. The molecule has 0 aliphatic rings. The number of aliphatic hydroxyl groups is 2. The number of H-pyrrole nitrogens is 1. The molecule has 5 heterocycles. The summed E-state index contributed by atoms with van der Waals surface area (Å²) >= 11 is 3.36. The van der Waals surface area contributed by atoms with Gasteiger partial charge in [-0.25, -0.2) is 18.0 Å². The minimum absolute atomic E-state index is 0. The quantitative estimate of drug-likeness (QED) is 0.00863. The molecule has 0 saturated carbocycles. The molecular weight excluding hydrogens is 1800 g/mol. The Labute approximate surface area is 916 Å². The van der Waals surface area contributed by atoms with E-state index in [1.54, 1.807) is 73.3 Å². The topological polar surface area (TPSA) is 314 Å². The van der Waals surface area contributed by atoms with Crippen LogP contribution in [0.5, 0.6) is 0 Å². The third kappa shape index (κ3) is 53.2. The number of aryl methyl sites for hydroxylation is 2. The maximum absolute atomic E-state index is 11.8. The molecule has 0 spiro atoms. The monoisotopic (exact) mass is 1890 g/mol. The molecule has 3 N–H and O–H groups in total. The van der Waals surface area contributed by atoms with Crippen LogP contribution in [0, 0.1) is 6.92 Å². The predicted molar refractivity (Wildman–Crippen MR) is 548 cm³/mol. The van der Waals surface area contributed by atoms with Crippen LogP contribution in [0.3, 0.4) is 0 Å². The molecule has 0 amide bonds. The van der Waals surface area contributed by atoms with Gasteiger partial charge in [0.2, 0.25) is 5.56 Å². The molecule has 22 nitrogen and oxygen atoms in total. The number of aliphatic hydroxyl groups excluding tert-OH is 2. The van der Waals surface area contributed by atoms with Crippen molar-refractivity contribution in [3.63, 3.8) is 0 Å². The number of rotatable bonds is 26. The van der Waals surface area contributed by atoms with Gasteiger partial charge in [-0.05, 0) is 94.8 Å². The number of esters is 2. The summed E-state index contributed by atoms with van der Waals surface area (Å²) < 4.78 is 36.8. The number of aromatic nitrogens is 5. The van der Waals surface area contributed by atoms with Gasteiger partial charge in [-0.2, -0.15) is 0 Å². The number of alkyl halides is 1. The van der Waals surface area contributed by atoms with Crippen molar-refractivity contribution in [3.8, 4) is 0 Å². The van der Waals surface area contributed by atoms with Gasteiger partial charge >= 0.3 is 144 Å². The predicted octanol–water partition coefficient (Wildman–Crippen LogP) is -6.68. The number of halogens is 2. The molecule has 626 valence electrons. The van der Waals surface area contributed by atoms with E-state index >= 15 is 0 Å². The number of ether oxygens (including phenoxy) is 2. The zero-order valence-corrected chi connectivity index (χ0v) is 84.7. The van der Waals surface area contributed by atoms with Crippen LogP contribution in [0.4, 0.5) is 0 Å². The number of aldehydes is 1. The van der Waals surface area contributed by atoms with Crippen molar-refractivity contribution in [2.45, 2.75) is 78.1 Å². The van der Waals surface area contributed by atoms with Gasteiger partial charge in [0.1, 0.15) is 6.29 Å². The number of hydrogen-bond donors (Lipinski definition) is 3. The molecule has 0 saturated heterocycles. The SMILES string of the molecule is BrCc1ccccc1.C.C.CCc1ccn(Cc2ccccc2)c(=O)c1.CO.COC(=O)c1cc[nH]c(=O)c1.COC(=O)c1ccn(Cc2ccccc2)c(=O)c1.Cc1ccc(S(=O)(=O)Cl)cc1.O=CO[O-].O=Cc1ccn(Cc2ccccc2)c(=O)c1.O=c1cc(CO)ccn1Cc1ccccc1.[B].[B][B]B([B])B(B([B])[B])B(B(B([B])[B])B([B])[B])B(B([B])[B])B([B])[B].[H-].[H-].[K+].[K+].[Na+]. The minimum Gasteiger partial charge on any atom is -1.00 e. The molecule has 0 aliphatic carbocycles. The molecule has 0 fully saturated rings. The first-order chi connectivity index (χ1) is 59.6. The minimum atomic E-state index is -3.55. The number of nitrogens with zero attached hydrogens (tertiary/aromatic N) is 4. The Bertz CT molecular complexity index is 5290. The molecule has 6 aromatic carbocycles. The number of hydrogen-bond acceptors (Lipinski definition) is 17. The summed E-state index contributed by atoms with van der Waals surface area (Å²) in [5.74, 6) is -1.00. The number of pyridine rings is 5. The van der Waals surface area contributed by atoms with E-state index in [0.29, 0.717) is 43.6 Å². The summed E-state index contributed by atoms with van der Waals surface area (Å²) in [6.07, 6.45) is 1.77. The number of benzene rings is 6. The summed E-state index contributed by atoms with van der Waals surface area (Å²) in [6, 6.07) is 71.3. The molecule has 0 bridgehead atoms. The molecule has 52 heteroatoms. The normalized spacial score (nSPS) is 9.24. The Morgan fingerprint density at radius 3 is 1.09 bits per heavy atom. The van der Waals surface area contributed by atoms with Gasteiger partial charge in [0.15, 0.2) is 0 Å². The van der Waals surface area contributed by atoms with Gasteiger partial charge in [-0.15, -0.1) is 0 Å². The van der Waals surface area contributed by atoms with E-state index in [1.807, 2.05) is 159 Å². The Morgan fingerprint density at radius 2 is 0.817 bits per heavy atom. The van der Waals surface area contributed by atoms with Gasteiger partial charge in [0.25, 0.3) is 37.8 Å². The van der Waals surface area contributed by atoms with E-state index in [-0.39, 0.29) is 215 Å². The van der Waals surface area contributed by atoms with E-state index < -0.39 is 84.8 Å². The number of carbonyl (C=O) groups is 4. The summed E-state index contributed by atoms with van der Waals surface area (Å²) in [5.41, 5.74) is 8.63. The first-order valence-electron chi connectivity index (χ1n) is 38.2. The van der Waals surface area contributed by atoms with Crippen molar-refractivity contribution >= 4 is 233 Å². The second-order valence-electron chi connectivity index (χ2n) is 26.8. The van der Waals surface area contributed by atoms with Crippen molar-refractivity contribution < 1.29 is 193 Å². The van der Waals surface area contributed by atoms with Crippen molar-refractivity contribution in [2.75, 3.05) is 21.3 Å². The molecule has 0 unspecified atom stereocenters. The summed E-state index contributed by atoms with van der Waals surface area (Å²) in [5, 5.41) is 25.3. The molecular formula is C79H88B24BrClK2N5NaO17S. The number of aromatic amines is 1. The second-order valence-corrected chi connectivity index (χ2v) is 30.0. The fourth-order valence-corrected chi connectivity index (χ4v) is 12.7. The van der Waals surface area contributed by atoms with Crippen LogP contribution in [-0.4, -0.2) is 260 Å². The summed E-state index contributed by atoms with van der Waals surface area (Å²) in [6.45, 7) is 5.87. The van der Waals surface area contributed by atoms with Crippen molar-refractivity contribution in [1.82, 2.24) is 23.3 Å². The fourth-order valence-electron chi connectivity index (χ4n) is 11.6. The molecule has 5 aromatic heterocycles. The third-order valence-corrected chi connectivity index (χ3v) is 19.8. The number of methoxy groups -OCH3 is 2. The molecule has 11 rings (SSSR count). The van der Waals surface area contributed by atoms with Gasteiger partial charge < -0.3 is 55.9 Å². The van der Waals surface area contributed by atoms with E-state index in [9.17, 15) is 46.8 Å². The van der Waals surface area contributed by atoms with Crippen molar-refractivity contribution in [3.05, 3.63) is 381 Å². The van der Waals surface area contributed by atoms with Crippen LogP contribution in [-0.2, 0) is 72.7 Å². The van der Waals surface area contributed by atoms with Crippen LogP contribution in [0.1, 0.15) is 100 Å². The fraction of sp³-hybridized carbons (Fsp3) is 0.177. The van der Waals surface area contributed by atoms with Crippen LogP contribution in [0.2, 0.25) is 0 Å². The van der Waals surface area contributed by atoms with Gasteiger partial charge in [-0.1, -0.05) is 207 Å². The largest absolute Gasteiger partial charge is 1.00 e. The van der Waals surface area contributed by atoms with Crippen molar-refractivity contribution in [1.29, 1.82) is 0 Å². The van der Waals surface area contributed by atoms with Gasteiger partial charge in [0.05, 0.1) is 63.0 Å². The number of carbonyl (C=O) groups excluding carboxylic acids is 4. The maximum Gasteiger partial charge on any atom is 1.00 e. The molecule has 0 atom stereocenters. The molecule has 131 heavy (non-hydrogen) atoms. The zero-order valence-electron chi connectivity index (χ0n) is 75.3. The Balaban J connectivity index is -0.000000271. The van der Waals surface area contributed by atoms with Gasteiger partial charge in [0, 0.05) is 262 Å². The van der Waals surface area contributed by atoms with E-state index in [1.165, 1.54) is 75.5 Å². The Hall–Kier alpha value is -5.42. The van der Waals surface area contributed by atoms with E-state index in [4.69, 9.17) is 124 Å². The average molecular weight is 1890 g/mol. The Morgan fingerprint density at radius 1 is 0.496 bits per heavy atom. The van der Waals surface area contributed by atoms with Crippen LogP contribution in [0.15, 0.2) is 296 Å². The molecule has 28 radical (unpaired) electrons. The summed E-state index contributed by atoms with van der Waals surface area (Å²) in [4.78, 5) is 104. The van der Waals surface area contributed by atoms with E-state index in [2.05, 4.69) is 54.3 Å². The van der Waals surface area contributed by atoms with Crippen LogP contribution < -0.4 is 165 Å². The van der Waals surface area contributed by atoms with E-state index in [0.717, 1.165) is 52.2 Å². The maximum atomic E-state index is 11.8. The second kappa shape index (κ2) is 76.6. The van der Waals surface area contributed by atoms with Gasteiger partial charge in [-0.3, -0.25) is 33.6 Å². The average Bonchev–Trinajstić information content (AvgIpc) is 0.786. The number of nitrogens with one attached hydrogen (secondary N) is 1. The standard InChI is InChI=1S/C14H13NO3.C14H15NO.C13H13NO2.C13H11NO2.C7H7Br.C7H7ClO2S.C7H7NO3.CH2O3.CH4O.2CH4.B23.B.2K.Na.2H/c1-18-14(17)12-7-8-15(13(16)9-12)10-11-5-3-2-4-6-11;1-2-12-8-9-15(14(16)10-12)11-13-6-4-3-5-7-13;2*15-10-12-6-7-14(13(16)8-12)9-11-4-2-1-3-5-11;8-6-7-4-2-1-3-5-7;1-6-2-4-7(5-3-6)11(8,9)10;1-11-7(10)5-2-3-8-6(9)4-5;2-1-4-3;1-2;;;1-13-19(12)22(18(10)11)23(20(14(2)3)15(4)5)21(16(6)7)17(8)9;;;;;;/h2-9H,10H2,1H3;3-10H,2,11H2,1H3;1-8,15H,9-10H2;1-8,10H,9H2;1-5H,6H2;2-5H,1H3;2-4H,1H3,(H,8,9);1,3H;2H,1H3;2*1H4;;;;;;;/q;;;;;;;;;;;;;3*+1;2*-1/p-1. The first-order valence-corrected chi connectivity index (χ1v) is 41.6. The zero-order chi connectivity index (χ0) is 93.6. The first kappa shape index (κ1) is 134. The molecule has 11 aromatic rings.